The number of alkyl halides is 3. The molecule has 1 atom stereocenters. The van der Waals surface area contributed by atoms with Crippen molar-refractivity contribution in [3.8, 4) is 0 Å². The summed E-state index contributed by atoms with van der Waals surface area (Å²) in [6.07, 6.45) is -2.24. The molecule has 0 spiro atoms. The minimum absolute atomic E-state index is 0.0259. The third-order valence-electron chi connectivity index (χ3n) is 5.86. The summed E-state index contributed by atoms with van der Waals surface area (Å²) in [4.78, 5) is 29.5. The van der Waals surface area contributed by atoms with Crippen LogP contribution in [0.25, 0.3) is 0 Å². The summed E-state index contributed by atoms with van der Waals surface area (Å²) in [5.74, 6) is -0.0443. The van der Waals surface area contributed by atoms with Gasteiger partial charge in [0.25, 0.3) is 5.91 Å². The van der Waals surface area contributed by atoms with Crippen LogP contribution >= 0.6 is 11.3 Å². The summed E-state index contributed by atoms with van der Waals surface area (Å²) >= 11 is 1.42. The molecule has 4 heterocycles. The average molecular weight is 468 g/mol. The van der Waals surface area contributed by atoms with Gasteiger partial charge in [0.05, 0.1) is 4.88 Å². The van der Waals surface area contributed by atoms with Crippen LogP contribution in [0, 0.1) is 0 Å². The Morgan fingerprint density at radius 2 is 1.91 bits per heavy atom. The zero-order chi connectivity index (χ0) is 22.7. The molecule has 0 bridgehead atoms. The molecule has 2 aliphatic rings. The van der Waals surface area contributed by atoms with Crippen LogP contribution in [-0.4, -0.2) is 65.3 Å². The zero-order valence-electron chi connectivity index (χ0n) is 17.3. The van der Waals surface area contributed by atoms with E-state index in [9.17, 15) is 22.8 Å². The lowest BCUT2D eigenvalue weighted by atomic mass is 9.95. The lowest BCUT2D eigenvalue weighted by Crippen LogP contribution is -2.39. The van der Waals surface area contributed by atoms with Crippen molar-refractivity contribution in [3.63, 3.8) is 0 Å². The smallest absolute Gasteiger partial charge is 0.353 e. The van der Waals surface area contributed by atoms with Crippen LogP contribution in [-0.2, 0) is 4.79 Å². The fraction of sp³-hybridized carbons (Fsp3) is 0.524. The number of thiophene rings is 1. The van der Waals surface area contributed by atoms with E-state index in [0.717, 1.165) is 23.7 Å². The van der Waals surface area contributed by atoms with Crippen LogP contribution in [0.5, 0.6) is 0 Å². The highest BCUT2D eigenvalue weighted by Gasteiger charge is 2.35. The van der Waals surface area contributed by atoms with Crippen LogP contribution in [0.1, 0.15) is 46.2 Å². The molecular formula is C21H24F3N5O2S. The number of halogens is 3. The highest BCUT2D eigenvalue weighted by molar-refractivity contribution is 7.14. The zero-order valence-corrected chi connectivity index (χ0v) is 18.2. The van der Waals surface area contributed by atoms with Gasteiger partial charge in [-0.25, -0.2) is 0 Å². The number of aromatic nitrogens is 2. The maximum Gasteiger partial charge on any atom is 0.397 e. The molecule has 0 saturated carbocycles. The maximum atomic E-state index is 12.7. The first-order valence-electron chi connectivity index (χ1n) is 10.6. The third-order valence-corrected chi connectivity index (χ3v) is 7.10. The molecule has 4 rings (SSSR count). The Bertz CT molecular complexity index is 944. The van der Waals surface area contributed by atoms with E-state index in [1.807, 2.05) is 18.2 Å². The van der Waals surface area contributed by atoms with Crippen molar-refractivity contribution in [2.45, 2.75) is 43.8 Å². The van der Waals surface area contributed by atoms with E-state index in [4.69, 9.17) is 0 Å². The number of likely N-dealkylation sites (tertiary alicyclic amines) is 1. The summed E-state index contributed by atoms with van der Waals surface area (Å²) in [5.41, 5.74) is 0. The molecule has 1 N–H and O–H groups in total. The van der Waals surface area contributed by atoms with Gasteiger partial charge in [-0.05, 0) is 49.4 Å². The minimum Gasteiger partial charge on any atom is -0.353 e. The van der Waals surface area contributed by atoms with Crippen LogP contribution in [0.4, 0.5) is 19.0 Å². The maximum absolute atomic E-state index is 12.7. The molecule has 11 heteroatoms. The van der Waals surface area contributed by atoms with E-state index in [1.165, 1.54) is 16.2 Å². The quantitative estimate of drug-likeness (QED) is 0.731. The third kappa shape index (κ3) is 5.56. The minimum atomic E-state index is -4.48. The molecule has 2 aromatic heterocycles. The summed E-state index contributed by atoms with van der Waals surface area (Å²) < 4.78 is 37.3. The second kappa shape index (κ2) is 9.43. The number of piperidine rings is 1. The van der Waals surface area contributed by atoms with E-state index in [0.29, 0.717) is 37.4 Å². The van der Waals surface area contributed by atoms with Crippen molar-refractivity contribution in [2.75, 3.05) is 31.1 Å². The Morgan fingerprint density at radius 1 is 1.12 bits per heavy atom. The Kier molecular flexibility index (Phi) is 6.63. The molecule has 172 valence electrons. The number of amides is 2. The first-order valence-corrected chi connectivity index (χ1v) is 11.4. The summed E-state index contributed by atoms with van der Waals surface area (Å²) in [6.45, 7) is 2.08. The first-order chi connectivity index (χ1) is 15.3. The molecule has 2 aromatic rings. The van der Waals surface area contributed by atoms with Gasteiger partial charge in [-0.1, -0.05) is 0 Å². The molecule has 2 saturated heterocycles. The van der Waals surface area contributed by atoms with Gasteiger partial charge in [0.15, 0.2) is 5.82 Å². The van der Waals surface area contributed by atoms with Crippen LogP contribution < -0.4 is 10.2 Å². The fourth-order valence-corrected chi connectivity index (χ4v) is 5.28. The Morgan fingerprint density at radius 3 is 2.59 bits per heavy atom. The van der Waals surface area contributed by atoms with Crippen LogP contribution in [0.3, 0.4) is 0 Å². The van der Waals surface area contributed by atoms with Gasteiger partial charge in [0, 0.05) is 43.3 Å². The van der Waals surface area contributed by atoms with Crippen molar-refractivity contribution in [1.29, 1.82) is 0 Å². The van der Waals surface area contributed by atoms with Gasteiger partial charge in [-0.15, -0.1) is 16.4 Å². The lowest BCUT2D eigenvalue weighted by Gasteiger charge is -2.31. The number of carbonyl (C=O) groups excluding carboxylic acids is 2. The Balaban J connectivity index is 1.27. The van der Waals surface area contributed by atoms with E-state index >= 15 is 0 Å². The largest absolute Gasteiger partial charge is 0.397 e. The fourth-order valence-electron chi connectivity index (χ4n) is 4.20. The van der Waals surface area contributed by atoms with Crippen molar-refractivity contribution in [1.82, 2.24) is 20.4 Å². The molecule has 0 aromatic carbocycles. The number of hydrogen-bond acceptors (Lipinski definition) is 6. The standard InChI is InChI=1S/C21H24F3N5O2S/c22-21(23,24)12-19(30)28-9-5-14(6-10-28)16-3-4-17(32-16)20(31)26-15-7-11-29(13-15)18-2-1-8-25-27-18/h1-4,8,14-15H,5-7,9-13H2,(H,26,31)/t15-/m0/s1. The van der Waals surface area contributed by atoms with Crippen LogP contribution in [0.15, 0.2) is 30.5 Å². The van der Waals surface area contributed by atoms with Crippen molar-refractivity contribution >= 4 is 29.0 Å². The predicted molar refractivity (Wildman–Crippen MR) is 114 cm³/mol. The molecule has 0 aliphatic carbocycles. The van der Waals surface area contributed by atoms with Gasteiger partial charge in [0.1, 0.15) is 6.42 Å². The van der Waals surface area contributed by atoms with Gasteiger partial charge >= 0.3 is 6.18 Å². The van der Waals surface area contributed by atoms with Crippen LogP contribution in [0.2, 0.25) is 0 Å². The van der Waals surface area contributed by atoms with Crippen molar-refractivity contribution < 1.29 is 22.8 Å². The average Bonchev–Trinajstić information content (AvgIpc) is 3.43. The SMILES string of the molecule is O=C(N[C@H]1CCN(c2cccnn2)C1)c1ccc(C2CCN(C(=O)CC(F)(F)F)CC2)s1. The molecule has 32 heavy (non-hydrogen) atoms. The lowest BCUT2D eigenvalue weighted by molar-refractivity contribution is -0.162. The summed E-state index contributed by atoms with van der Waals surface area (Å²) in [5, 5.41) is 11.1. The molecule has 0 unspecified atom stereocenters. The second-order valence-corrected chi connectivity index (χ2v) is 9.25. The van der Waals surface area contributed by atoms with Gasteiger partial charge in [-0.3, -0.25) is 9.59 Å². The normalized spacial score (nSPS) is 19.9. The van der Waals surface area contributed by atoms with E-state index in [-0.39, 0.29) is 17.9 Å². The molecular weight excluding hydrogens is 443 g/mol. The highest BCUT2D eigenvalue weighted by atomic mass is 32.1. The molecule has 7 nitrogen and oxygen atoms in total. The first kappa shape index (κ1) is 22.5. The molecule has 2 amide bonds. The van der Waals surface area contributed by atoms with E-state index < -0.39 is 18.5 Å². The second-order valence-electron chi connectivity index (χ2n) is 8.14. The van der Waals surface area contributed by atoms with E-state index in [1.54, 1.807) is 12.3 Å². The number of nitrogens with zero attached hydrogens (tertiary/aromatic N) is 4. The topological polar surface area (TPSA) is 78.4 Å². The number of nitrogens with one attached hydrogen (secondary N) is 1. The Hall–Kier alpha value is -2.69. The highest BCUT2D eigenvalue weighted by Crippen LogP contribution is 2.34. The monoisotopic (exact) mass is 467 g/mol. The van der Waals surface area contributed by atoms with Gasteiger partial charge in [0.2, 0.25) is 5.91 Å². The van der Waals surface area contributed by atoms with Gasteiger partial charge < -0.3 is 15.1 Å². The van der Waals surface area contributed by atoms with Crippen molar-refractivity contribution in [3.05, 3.63) is 40.2 Å². The number of hydrogen-bond donors (Lipinski definition) is 1. The number of rotatable bonds is 5. The van der Waals surface area contributed by atoms with E-state index in [2.05, 4.69) is 20.4 Å². The number of anilines is 1. The molecule has 0 radical (unpaired) electrons. The predicted octanol–water partition coefficient (Wildman–Crippen LogP) is 3.21. The summed E-state index contributed by atoms with van der Waals surface area (Å²) in [6, 6.07) is 7.46. The van der Waals surface area contributed by atoms with Crippen molar-refractivity contribution in [2.24, 2.45) is 0 Å². The van der Waals surface area contributed by atoms with Gasteiger partial charge in [-0.2, -0.15) is 18.3 Å². The molecule has 2 fully saturated rings. The summed E-state index contributed by atoms with van der Waals surface area (Å²) in [7, 11) is 0. The molecule has 2 aliphatic heterocycles. The Labute approximate surface area is 187 Å². The number of carbonyl (C=O) groups is 2.